The van der Waals surface area contributed by atoms with E-state index in [1.54, 1.807) is 18.0 Å². The zero-order valence-corrected chi connectivity index (χ0v) is 8.89. The van der Waals surface area contributed by atoms with Crippen LogP contribution in [0.2, 0.25) is 0 Å². The van der Waals surface area contributed by atoms with Crippen molar-refractivity contribution in [3.8, 4) is 0 Å². The molecule has 0 aromatic carbocycles. The van der Waals surface area contributed by atoms with Gasteiger partial charge in [-0.15, -0.1) is 11.8 Å². The average Bonchev–Trinajstić information content (AvgIpc) is 2.70. The van der Waals surface area contributed by atoms with Crippen LogP contribution in [0.4, 0.5) is 5.69 Å². The molecule has 0 bridgehead atoms. The number of thioether (sulfide) groups is 1. The predicted molar refractivity (Wildman–Crippen MR) is 60.4 cm³/mol. The highest BCUT2D eigenvalue weighted by atomic mass is 32.2. The second kappa shape index (κ2) is 4.66. The van der Waals surface area contributed by atoms with Crippen LogP contribution >= 0.6 is 11.8 Å². The van der Waals surface area contributed by atoms with Crippen molar-refractivity contribution in [3.05, 3.63) is 18.3 Å². The number of anilines is 1. The van der Waals surface area contributed by atoms with Gasteiger partial charge in [0.15, 0.2) is 0 Å². The molecule has 1 aromatic rings. The van der Waals surface area contributed by atoms with Crippen LogP contribution in [-0.4, -0.2) is 23.3 Å². The minimum absolute atomic E-state index is 0.666. The third-order valence-electron chi connectivity index (χ3n) is 2.35. The molecule has 1 atom stereocenters. The van der Waals surface area contributed by atoms with Crippen molar-refractivity contribution in [2.24, 2.45) is 0 Å². The Bertz CT molecular complexity index is 280. The van der Waals surface area contributed by atoms with E-state index in [1.807, 2.05) is 12.1 Å². The second-order valence-electron chi connectivity index (χ2n) is 3.53. The number of aromatic nitrogens is 1. The molecule has 1 aliphatic heterocycles. The van der Waals surface area contributed by atoms with Crippen LogP contribution in [0.3, 0.4) is 0 Å². The summed E-state index contributed by atoms with van der Waals surface area (Å²) in [6, 6.07) is 4.55. The topological polar surface area (TPSA) is 50.9 Å². The molecule has 3 N–H and O–H groups in total. The van der Waals surface area contributed by atoms with Gasteiger partial charge in [-0.3, -0.25) is 0 Å². The molecule has 2 heterocycles. The van der Waals surface area contributed by atoms with E-state index in [0.717, 1.165) is 16.5 Å². The number of nitrogens with one attached hydrogen (secondary N) is 1. The first-order valence-corrected chi connectivity index (χ1v) is 5.91. The highest BCUT2D eigenvalue weighted by Gasteiger charge is 2.13. The third-order valence-corrected chi connectivity index (χ3v) is 3.46. The van der Waals surface area contributed by atoms with Crippen LogP contribution in [0.15, 0.2) is 23.4 Å². The Hall–Kier alpha value is -0.740. The molecule has 76 valence electrons. The van der Waals surface area contributed by atoms with Crippen LogP contribution < -0.4 is 11.1 Å². The summed E-state index contributed by atoms with van der Waals surface area (Å²) in [5, 5.41) is 4.53. The summed E-state index contributed by atoms with van der Waals surface area (Å²) in [6.45, 7) is 1.17. The molecular weight excluding hydrogens is 194 g/mol. The van der Waals surface area contributed by atoms with E-state index in [2.05, 4.69) is 10.3 Å². The zero-order chi connectivity index (χ0) is 9.80. The molecule has 4 heteroatoms. The van der Waals surface area contributed by atoms with Gasteiger partial charge >= 0.3 is 0 Å². The first kappa shape index (κ1) is 9.80. The summed E-state index contributed by atoms with van der Waals surface area (Å²) in [7, 11) is 0. The van der Waals surface area contributed by atoms with Crippen molar-refractivity contribution in [1.82, 2.24) is 10.3 Å². The molecular formula is C10H15N3S. The molecule has 1 aromatic heterocycles. The van der Waals surface area contributed by atoms with Gasteiger partial charge in [0.1, 0.15) is 0 Å². The van der Waals surface area contributed by atoms with Gasteiger partial charge in [0.25, 0.3) is 0 Å². The van der Waals surface area contributed by atoms with Crippen LogP contribution in [0, 0.1) is 0 Å². The molecule has 0 radical (unpaired) electrons. The molecule has 1 saturated heterocycles. The van der Waals surface area contributed by atoms with Gasteiger partial charge < -0.3 is 11.1 Å². The van der Waals surface area contributed by atoms with Crippen LogP contribution in [0.25, 0.3) is 0 Å². The summed E-state index contributed by atoms with van der Waals surface area (Å²) in [5.74, 6) is 1.11. The van der Waals surface area contributed by atoms with E-state index in [1.165, 1.54) is 19.4 Å². The molecule has 0 saturated carbocycles. The molecule has 3 nitrogen and oxygen atoms in total. The summed E-state index contributed by atoms with van der Waals surface area (Å²) in [5.41, 5.74) is 6.29. The minimum Gasteiger partial charge on any atom is -0.397 e. The maximum absolute atomic E-state index is 5.56. The van der Waals surface area contributed by atoms with E-state index < -0.39 is 0 Å². The highest BCUT2D eigenvalue weighted by Crippen LogP contribution is 2.19. The Labute approximate surface area is 88.5 Å². The maximum atomic E-state index is 5.56. The average molecular weight is 209 g/mol. The van der Waals surface area contributed by atoms with Crippen LogP contribution in [0.5, 0.6) is 0 Å². The summed E-state index contributed by atoms with van der Waals surface area (Å²) in [6.07, 6.45) is 4.31. The molecule has 1 aliphatic rings. The molecule has 1 unspecified atom stereocenters. The van der Waals surface area contributed by atoms with E-state index in [0.29, 0.717) is 6.04 Å². The Kier molecular flexibility index (Phi) is 3.26. The second-order valence-corrected chi connectivity index (χ2v) is 4.57. The first-order chi connectivity index (χ1) is 6.84. The molecule has 2 rings (SSSR count). The van der Waals surface area contributed by atoms with E-state index in [9.17, 15) is 0 Å². The molecule has 0 spiro atoms. The highest BCUT2D eigenvalue weighted by molar-refractivity contribution is 7.99. The van der Waals surface area contributed by atoms with Gasteiger partial charge in [0, 0.05) is 11.8 Å². The number of nitrogens with zero attached hydrogens (tertiary/aromatic N) is 1. The number of hydrogen-bond acceptors (Lipinski definition) is 4. The van der Waals surface area contributed by atoms with E-state index in [4.69, 9.17) is 5.73 Å². The Balaban J connectivity index is 1.82. The van der Waals surface area contributed by atoms with Gasteiger partial charge in [-0.05, 0) is 31.5 Å². The van der Waals surface area contributed by atoms with Crippen molar-refractivity contribution in [2.75, 3.05) is 18.0 Å². The number of nitrogens with two attached hydrogens (primary N) is 1. The monoisotopic (exact) mass is 209 g/mol. The third kappa shape index (κ3) is 2.62. The largest absolute Gasteiger partial charge is 0.397 e. The van der Waals surface area contributed by atoms with Crippen molar-refractivity contribution in [2.45, 2.75) is 23.9 Å². The fourth-order valence-electron chi connectivity index (χ4n) is 1.56. The van der Waals surface area contributed by atoms with Crippen LogP contribution in [0.1, 0.15) is 12.8 Å². The SMILES string of the molecule is Nc1ccc(SCC2CCCN2)nc1. The standard InChI is InChI=1S/C10H15N3S/c11-8-3-4-10(13-6-8)14-7-9-2-1-5-12-9/h3-4,6,9,12H,1-2,5,7,11H2. The normalized spacial score (nSPS) is 21.3. The Morgan fingerprint density at radius 3 is 3.14 bits per heavy atom. The number of nitrogen functional groups attached to an aromatic ring is 1. The number of rotatable bonds is 3. The molecule has 14 heavy (non-hydrogen) atoms. The lowest BCUT2D eigenvalue weighted by molar-refractivity contribution is 0.673. The number of pyridine rings is 1. The fourth-order valence-corrected chi connectivity index (χ4v) is 2.51. The quantitative estimate of drug-likeness (QED) is 0.741. The van der Waals surface area contributed by atoms with Gasteiger partial charge in [-0.1, -0.05) is 0 Å². The lowest BCUT2D eigenvalue weighted by atomic mass is 10.3. The molecule has 0 aliphatic carbocycles. The van der Waals surface area contributed by atoms with Gasteiger partial charge in [0.2, 0.25) is 0 Å². The fraction of sp³-hybridized carbons (Fsp3) is 0.500. The molecule has 1 fully saturated rings. The van der Waals surface area contributed by atoms with Gasteiger partial charge in [0.05, 0.1) is 16.9 Å². The van der Waals surface area contributed by atoms with Crippen molar-refractivity contribution in [3.63, 3.8) is 0 Å². The first-order valence-electron chi connectivity index (χ1n) is 4.92. The van der Waals surface area contributed by atoms with Gasteiger partial charge in [-0.25, -0.2) is 4.98 Å². The van der Waals surface area contributed by atoms with Crippen molar-refractivity contribution in [1.29, 1.82) is 0 Å². The van der Waals surface area contributed by atoms with Crippen molar-refractivity contribution >= 4 is 17.4 Å². The summed E-state index contributed by atoms with van der Waals surface area (Å²) < 4.78 is 0. The number of hydrogen-bond donors (Lipinski definition) is 2. The lowest BCUT2D eigenvalue weighted by Crippen LogP contribution is -2.23. The summed E-state index contributed by atoms with van der Waals surface area (Å²) >= 11 is 1.80. The maximum Gasteiger partial charge on any atom is 0.0962 e. The predicted octanol–water partition coefficient (Wildman–Crippen LogP) is 1.51. The minimum atomic E-state index is 0.666. The van der Waals surface area contributed by atoms with Gasteiger partial charge in [-0.2, -0.15) is 0 Å². The summed E-state index contributed by atoms with van der Waals surface area (Å²) in [4.78, 5) is 4.25. The molecule has 0 amide bonds. The lowest BCUT2D eigenvalue weighted by Gasteiger charge is -2.08. The van der Waals surface area contributed by atoms with Crippen molar-refractivity contribution < 1.29 is 0 Å². The Morgan fingerprint density at radius 2 is 2.50 bits per heavy atom. The Morgan fingerprint density at radius 1 is 1.57 bits per heavy atom. The zero-order valence-electron chi connectivity index (χ0n) is 8.07. The van der Waals surface area contributed by atoms with E-state index in [-0.39, 0.29) is 0 Å². The van der Waals surface area contributed by atoms with E-state index >= 15 is 0 Å². The smallest absolute Gasteiger partial charge is 0.0962 e. The van der Waals surface area contributed by atoms with Crippen LogP contribution in [-0.2, 0) is 0 Å².